The van der Waals surface area contributed by atoms with Crippen molar-refractivity contribution in [2.45, 2.75) is 12.6 Å². The molecule has 0 spiro atoms. The fraction of sp³-hybridized carbons (Fsp3) is 0.571. The van der Waals surface area contributed by atoms with Gasteiger partial charge >= 0.3 is 0 Å². The second kappa shape index (κ2) is 2.25. The maximum absolute atomic E-state index is 13.6. The van der Waals surface area contributed by atoms with E-state index in [2.05, 4.69) is 9.69 Å². The zero-order valence-electron chi connectivity index (χ0n) is 6.22. The number of hydrogen-bond acceptors (Lipinski definition) is 3. The summed E-state index contributed by atoms with van der Waals surface area (Å²) in [4.78, 5) is 0.758. The molecule has 1 aromatic heterocycles. The van der Waals surface area contributed by atoms with Crippen LogP contribution in [0.3, 0.4) is 0 Å². The molecule has 1 N–H and O–H groups in total. The molecule has 60 valence electrons. The molecular formula is C7H9FN2S. The van der Waals surface area contributed by atoms with Gasteiger partial charge in [-0.3, -0.25) is 0 Å². The zero-order chi connectivity index (χ0) is 7.90. The Balaban J connectivity index is 2.28. The zero-order valence-corrected chi connectivity index (χ0v) is 7.04. The summed E-state index contributed by atoms with van der Waals surface area (Å²) in [5, 5.41) is 2.91. The van der Waals surface area contributed by atoms with Crippen LogP contribution in [-0.4, -0.2) is 17.5 Å². The van der Waals surface area contributed by atoms with Gasteiger partial charge in [0.25, 0.3) is 0 Å². The Morgan fingerprint density at radius 2 is 2.45 bits per heavy atom. The van der Waals surface area contributed by atoms with Crippen molar-refractivity contribution < 1.29 is 4.39 Å². The number of nitrogens with zero attached hydrogens (tertiary/aromatic N) is 1. The minimum Gasteiger partial charge on any atom is -0.309 e. The molecule has 11 heavy (non-hydrogen) atoms. The van der Waals surface area contributed by atoms with Gasteiger partial charge in [0.2, 0.25) is 0 Å². The first kappa shape index (κ1) is 7.18. The second-order valence-corrected chi connectivity index (χ2v) is 3.71. The van der Waals surface area contributed by atoms with Crippen molar-refractivity contribution in [3.8, 4) is 0 Å². The molecule has 2 rings (SSSR count). The molecule has 1 aliphatic heterocycles. The molecule has 0 aliphatic carbocycles. The highest BCUT2D eigenvalue weighted by molar-refractivity contribution is 7.06. The van der Waals surface area contributed by atoms with E-state index in [1.54, 1.807) is 0 Å². The Morgan fingerprint density at radius 1 is 1.73 bits per heavy atom. The van der Waals surface area contributed by atoms with E-state index in [0.717, 1.165) is 10.6 Å². The third-order valence-corrected chi connectivity index (χ3v) is 2.94. The van der Waals surface area contributed by atoms with E-state index in [1.165, 1.54) is 11.5 Å². The molecular weight excluding hydrogens is 163 g/mol. The van der Waals surface area contributed by atoms with E-state index < -0.39 is 5.67 Å². The van der Waals surface area contributed by atoms with Crippen molar-refractivity contribution in [3.63, 3.8) is 0 Å². The molecule has 2 heterocycles. The first-order valence-corrected chi connectivity index (χ1v) is 4.31. The molecule has 0 radical (unpaired) electrons. The van der Waals surface area contributed by atoms with Crippen LogP contribution < -0.4 is 5.32 Å². The topological polar surface area (TPSA) is 24.9 Å². The lowest BCUT2D eigenvalue weighted by Gasteiger charge is -2.33. The monoisotopic (exact) mass is 172 g/mol. The molecule has 0 atom stereocenters. The van der Waals surface area contributed by atoms with Gasteiger partial charge in [0, 0.05) is 13.1 Å². The summed E-state index contributed by atoms with van der Waals surface area (Å²) < 4.78 is 17.6. The van der Waals surface area contributed by atoms with Gasteiger partial charge < -0.3 is 5.32 Å². The molecule has 0 unspecified atom stereocenters. The van der Waals surface area contributed by atoms with Crippen molar-refractivity contribution in [2.24, 2.45) is 0 Å². The van der Waals surface area contributed by atoms with Crippen LogP contribution in [-0.2, 0) is 5.67 Å². The molecule has 0 bridgehead atoms. The summed E-state index contributed by atoms with van der Waals surface area (Å²) in [6, 6.07) is 1.82. The highest BCUT2D eigenvalue weighted by Crippen LogP contribution is 2.32. The fourth-order valence-corrected chi connectivity index (χ4v) is 1.92. The number of aromatic nitrogens is 1. The molecule has 2 nitrogen and oxygen atoms in total. The molecule has 1 aliphatic rings. The third kappa shape index (κ3) is 1.06. The largest absolute Gasteiger partial charge is 0.309 e. The third-order valence-electron chi connectivity index (χ3n) is 1.88. The number of aryl methyl sites for hydroxylation is 1. The quantitative estimate of drug-likeness (QED) is 0.689. The highest BCUT2D eigenvalue weighted by Gasteiger charge is 2.40. The molecule has 0 aromatic carbocycles. The van der Waals surface area contributed by atoms with E-state index in [4.69, 9.17) is 0 Å². The van der Waals surface area contributed by atoms with Gasteiger partial charge in [-0.25, -0.2) is 4.39 Å². The minimum absolute atomic E-state index is 0.439. The van der Waals surface area contributed by atoms with Crippen molar-refractivity contribution in [1.29, 1.82) is 0 Å². The smallest absolute Gasteiger partial charge is 0.171 e. The summed E-state index contributed by atoms with van der Waals surface area (Å²) in [6.07, 6.45) is 0. The van der Waals surface area contributed by atoms with E-state index in [-0.39, 0.29) is 0 Å². The Hall–Kier alpha value is -0.480. The summed E-state index contributed by atoms with van der Waals surface area (Å²) >= 11 is 1.27. The number of hydrogen-bond donors (Lipinski definition) is 1. The average Bonchev–Trinajstić information content (AvgIpc) is 2.31. The molecule has 0 saturated carbocycles. The van der Waals surface area contributed by atoms with Gasteiger partial charge in [-0.2, -0.15) is 4.37 Å². The van der Waals surface area contributed by atoms with Crippen molar-refractivity contribution >= 4 is 11.5 Å². The first-order valence-electron chi connectivity index (χ1n) is 3.54. The lowest BCUT2D eigenvalue weighted by molar-refractivity contribution is 0.0933. The molecule has 4 heteroatoms. The number of halogens is 1. The molecule has 0 amide bonds. The Morgan fingerprint density at radius 3 is 2.82 bits per heavy atom. The van der Waals surface area contributed by atoms with Crippen molar-refractivity contribution in [3.05, 3.63) is 16.6 Å². The van der Waals surface area contributed by atoms with Crippen LogP contribution in [0.4, 0.5) is 4.39 Å². The van der Waals surface area contributed by atoms with Gasteiger partial charge in [0.15, 0.2) is 5.67 Å². The van der Waals surface area contributed by atoms with Gasteiger partial charge in [0.05, 0.1) is 10.6 Å². The maximum Gasteiger partial charge on any atom is 0.171 e. The van der Waals surface area contributed by atoms with Crippen LogP contribution in [0.5, 0.6) is 0 Å². The van der Waals surface area contributed by atoms with Gasteiger partial charge in [-0.1, -0.05) is 0 Å². The van der Waals surface area contributed by atoms with Crippen LogP contribution in [0.2, 0.25) is 0 Å². The number of rotatable bonds is 1. The predicted molar refractivity (Wildman–Crippen MR) is 42.5 cm³/mol. The van der Waals surface area contributed by atoms with E-state index >= 15 is 0 Å². The Kier molecular flexibility index (Phi) is 1.47. The second-order valence-electron chi connectivity index (χ2n) is 2.90. The SMILES string of the molecule is Cc1cc(C2(F)CNC2)sn1. The first-order chi connectivity index (χ1) is 5.21. The van der Waals surface area contributed by atoms with Crippen LogP contribution in [0.1, 0.15) is 10.6 Å². The normalized spacial score (nSPS) is 21.3. The summed E-state index contributed by atoms with van der Waals surface area (Å²) in [7, 11) is 0. The van der Waals surface area contributed by atoms with E-state index in [1.807, 2.05) is 13.0 Å². The predicted octanol–water partition coefficient (Wildman–Crippen LogP) is 1.22. The van der Waals surface area contributed by atoms with Crippen molar-refractivity contribution in [1.82, 2.24) is 9.69 Å². The molecule has 1 aromatic rings. The van der Waals surface area contributed by atoms with Crippen LogP contribution in [0, 0.1) is 6.92 Å². The Labute approximate surface area is 68.6 Å². The maximum atomic E-state index is 13.6. The molecule has 1 saturated heterocycles. The van der Waals surface area contributed by atoms with Gasteiger partial charge in [-0.05, 0) is 24.5 Å². The lowest BCUT2D eigenvalue weighted by atomic mass is 9.97. The molecule has 1 fully saturated rings. The number of nitrogens with one attached hydrogen (secondary N) is 1. The summed E-state index contributed by atoms with van der Waals surface area (Å²) in [6.45, 7) is 2.76. The minimum atomic E-state index is -1.12. The van der Waals surface area contributed by atoms with E-state index in [9.17, 15) is 4.39 Å². The van der Waals surface area contributed by atoms with Gasteiger partial charge in [-0.15, -0.1) is 0 Å². The lowest BCUT2D eigenvalue weighted by Crippen LogP contribution is -2.53. The van der Waals surface area contributed by atoms with Crippen molar-refractivity contribution in [2.75, 3.05) is 13.1 Å². The van der Waals surface area contributed by atoms with Crippen LogP contribution in [0.25, 0.3) is 0 Å². The number of alkyl halides is 1. The van der Waals surface area contributed by atoms with Crippen LogP contribution in [0.15, 0.2) is 6.07 Å². The fourth-order valence-electron chi connectivity index (χ4n) is 1.09. The summed E-state index contributed by atoms with van der Waals surface area (Å²) in [5.41, 5.74) is -0.208. The Bertz CT molecular complexity index is 267. The average molecular weight is 172 g/mol. The standard InChI is InChI=1S/C7H9FN2S/c1-5-2-6(11-10-5)7(8)3-9-4-7/h2,9H,3-4H2,1H3. The van der Waals surface area contributed by atoms with Gasteiger partial charge in [0.1, 0.15) is 0 Å². The summed E-state index contributed by atoms with van der Waals surface area (Å²) in [5.74, 6) is 0. The van der Waals surface area contributed by atoms with E-state index in [0.29, 0.717) is 13.1 Å². The van der Waals surface area contributed by atoms with Crippen LogP contribution >= 0.6 is 11.5 Å². The highest BCUT2D eigenvalue weighted by atomic mass is 32.1.